The van der Waals surface area contributed by atoms with Crippen LogP contribution in [0, 0.1) is 19.8 Å². The zero-order chi connectivity index (χ0) is 18.0. The third-order valence-corrected chi connectivity index (χ3v) is 5.02. The molecule has 7 heteroatoms. The van der Waals surface area contributed by atoms with Crippen LogP contribution in [0.15, 0.2) is 18.6 Å². The molecule has 1 fully saturated rings. The lowest BCUT2D eigenvalue weighted by molar-refractivity contribution is -0.131. The van der Waals surface area contributed by atoms with Gasteiger partial charge in [0.05, 0.1) is 17.5 Å². The molecule has 1 aliphatic heterocycles. The van der Waals surface area contributed by atoms with Gasteiger partial charge in [0.1, 0.15) is 6.54 Å². The van der Waals surface area contributed by atoms with E-state index in [4.69, 9.17) is 0 Å². The molecule has 1 saturated heterocycles. The molecule has 1 N–H and O–H groups in total. The summed E-state index contributed by atoms with van der Waals surface area (Å²) in [6.07, 6.45) is 5.99. The van der Waals surface area contributed by atoms with Gasteiger partial charge in [0, 0.05) is 43.3 Å². The predicted molar refractivity (Wildman–Crippen MR) is 92.9 cm³/mol. The molecule has 0 radical (unpaired) electrons. The Morgan fingerprint density at radius 2 is 2.12 bits per heavy atom. The van der Waals surface area contributed by atoms with E-state index in [1.54, 1.807) is 28.2 Å². The van der Waals surface area contributed by atoms with Crippen LogP contribution in [0.2, 0.25) is 0 Å². The topological polar surface area (TPSA) is 84.1 Å². The van der Waals surface area contributed by atoms with Gasteiger partial charge in [0.15, 0.2) is 0 Å². The molecule has 7 nitrogen and oxygen atoms in total. The first-order chi connectivity index (χ1) is 12.0. The Labute approximate surface area is 147 Å². The van der Waals surface area contributed by atoms with Crippen molar-refractivity contribution in [3.8, 4) is 0 Å². The summed E-state index contributed by atoms with van der Waals surface area (Å²) in [5.41, 5.74) is 4.07. The number of aromatic nitrogens is 4. The van der Waals surface area contributed by atoms with Crippen LogP contribution in [0.4, 0.5) is 0 Å². The van der Waals surface area contributed by atoms with Crippen molar-refractivity contribution in [2.75, 3.05) is 13.1 Å². The smallest absolute Gasteiger partial charge is 0.244 e. The van der Waals surface area contributed by atoms with Gasteiger partial charge in [-0.3, -0.25) is 19.4 Å². The average Bonchev–Trinajstić information content (AvgIpc) is 3.08. The number of carbonyl (C=O) groups excluding carboxylic acids is 1. The number of rotatable bonds is 5. The zero-order valence-corrected chi connectivity index (χ0v) is 15.0. The molecule has 1 aliphatic rings. The molecule has 25 heavy (non-hydrogen) atoms. The third kappa shape index (κ3) is 3.71. The highest BCUT2D eigenvalue weighted by molar-refractivity contribution is 5.76. The Morgan fingerprint density at radius 1 is 1.32 bits per heavy atom. The van der Waals surface area contributed by atoms with Gasteiger partial charge in [-0.25, -0.2) is 0 Å². The third-order valence-electron chi connectivity index (χ3n) is 5.02. The molecule has 0 aromatic carbocycles. The van der Waals surface area contributed by atoms with Crippen LogP contribution < -0.4 is 0 Å². The lowest BCUT2D eigenvalue weighted by Crippen LogP contribution is -2.33. The number of likely N-dealkylation sites (tertiary alicyclic amines) is 1. The lowest BCUT2D eigenvalue weighted by atomic mass is 10.0. The van der Waals surface area contributed by atoms with Gasteiger partial charge in [-0.15, -0.1) is 0 Å². The first-order valence-electron chi connectivity index (χ1n) is 8.73. The van der Waals surface area contributed by atoms with Gasteiger partial charge in [-0.2, -0.15) is 5.10 Å². The van der Waals surface area contributed by atoms with E-state index in [-0.39, 0.29) is 18.4 Å². The monoisotopic (exact) mass is 343 g/mol. The summed E-state index contributed by atoms with van der Waals surface area (Å²) in [7, 11) is 0. The molecular formula is C18H25N5O2. The summed E-state index contributed by atoms with van der Waals surface area (Å²) in [4.78, 5) is 22.7. The van der Waals surface area contributed by atoms with Gasteiger partial charge < -0.3 is 10.0 Å². The maximum Gasteiger partial charge on any atom is 0.244 e. The molecule has 0 bridgehead atoms. The fourth-order valence-corrected chi connectivity index (χ4v) is 3.59. The van der Waals surface area contributed by atoms with Gasteiger partial charge in [0.25, 0.3) is 0 Å². The van der Waals surface area contributed by atoms with Crippen LogP contribution in [0.25, 0.3) is 0 Å². The maximum atomic E-state index is 12.6. The summed E-state index contributed by atoms with van der Waals surface area (Å²) in [6.45, 7) is 7.19. The molecule has 2 atom stereocenters. The van der Waals surface area contributed by atoms with Crippen molar-refractivity contribution in [1.82, 2.24) is 24.6 Å². The Morgan fingerprint density at radius 3 is 2.76 bits per heavy atom. The van der Waals surface area contributed by atoms with Gasteiger partial charge in [-0.1, -0.05) is 6.92 Å². The van der Waals surface area contributed by atoms with Crippen molar-refractivity contribution in [3.63, 3.8) is 0 Å². The van der Waals surface area contributed by atoms with E-state index >= 15 is 0 Å². The van der Waals surface area contributed by atoms with Gasteiger partial charge in [-0.05, 0) is 32.3 Å². The number of nitrogens with zero attached hydrogens (tertiary/aromatic N) is 5. The van der Waals surface area contributed by atoms with Crippen molar-refractivity contribution in [2.24, 2.45) is 5.92 Å². The molecule has 3 rings (SSSR count). The summed E-state index contributed by atoms with van der Waals surface area (Å²) < 4.78 is 1.78. The van der Waals surface area contributed by atoms with E-state index < -0.39 is 6.10 Å². The highest BCUT2D eigenvalue weighted by Gasteiger charge is 2.34. The average molecular weight is 343 g/mol. The molecule has 3 heterocycles. The largest absolute Gasteiger partial charge is 0.391 e. The summed E-state index contributed by atoms with van der Waals surface area (Å²) >= 11 is 0. The molecule has 2 aromatic rings. The maximum absolute atomic E-state index is 12.6. The summed E-state index contributed by atoms with van der Waals surface area (Å²) in [5.74, 6) is -0.0127. The summed E-state index contributed by atoms with van der Waals surface area (Å²) in [6, 6.07) is 0. The number of hydrogen-bond donors (Lipinski definition) is 1. The molecule has 0 spiro atoms. The number of aliphatic hydroxyl groups excluding tert-OH is 1. The fourth-order valence-electron chi connectivity index (χ4n) is 3.59. The second-order valence-electron chi connectivity index (χ2n) is 6.69. The number of amides is 1. The van der Waals surface area contributed by atoms with E-state index in [9.17, 15) is 9.90 Å². The lowest BCUT2D eigenvalue weighted by Gasteiger charge is -2.16. The Bertz CT molecular complexity index is 743. The first kappa shape index (κ1) is 17.5. The van der Waals surface area contributed by atoms with Crippen LogP contribution >= 0.6 is 0 Å². The predicted octanol–water partition coefficient (Wildman–Crippen LogP) is 0.914. The van der Waals surface area contributed by atoms with Crippen LogP contribution in [-0.4, -0.2) is 54.9 Å². The minimum atomic E-state index is -0.530. The molecule has 1 amide bonds. The van der Waals surface area contributed by atoms with Gasteiger partial charge >= 0.3 is 0 Å². The second-order valence-corrected chi connectivity index (χ2v) is 6.69. The summed E-state index contributed by atoms with van der Waals surface area (Å²) in [5, 5.41) is 14.8. The molecule has 0 saturated carbocycles. The quantitative estimate of drug-likeness (QED) is 0.872. The normalized spacial score (nSPS) is 20.2. The number of aryl methyl sites for hydroxylation is 1. The SMILES string of the molecule is CCc1c(C)nn(CC(=O)N2C[C@@H](Cc3cnccn3)[C@H](O)C2)c1C. The van der Waals surface area contributed by atoms with Crippen LogP contribution in [-0.2, 0) is 24.2 Å². The van der Waals surface area contributed by atoms with E-state index in [2.05, 4.69) is 22.0 Å². The van der Waals surface area contributed by atoms with E-state index in [0.717, 1.165) is 23.5 Å². The van der Waals surface area contributed by atoms with Crippen molar-refractivity contribution in [1.29, 1.82) is 0 Å². The minimum absolute atomic E-state index is 0.00560. The number of aliphatic hydroxyl groups is 1. The van der Waals surface area contributed by atoms with Crippen molar-refractivity contribution in [3.05, 3.63) is 41.2 Å². The van der Waals surface area contributed by atoms with E-state index in [1.165, 1.54) is 5.56 Å². The Kier molecular flexibility index (Phi) is 5.13. The zero-order valence-electron chi connectivity index (χ0n) is 15.0. The van der Waals surface area contributed by atoms with Crippen molar-refractivity contribution >= 4 is 5.91 Å². The van der Waals surface area contributed by atoms with Crippen molar-refractivity contribution in [2.45, 2.75) is 46.3 Å². The molecule has 0 unspecified atom stereocenters. The molecule has 2 aromatic heterocycles. The van der Waals surface area contributed by atoms with E-state index in [0.29, 0.717) is 19.5 Å². The number of hydrogen-bond acceptors (Lipinski definition) is 5. The molecule has 134 valence electrons. The molecule has 0 aliphatic carbocycles. The highest BCUT2D eigenvalue weighted by atomic mass is 16.3. The first-order valence-corrected chi connectivity index (χ1v) is 8.73. The van der Waals surface area contributed by atoms with Crippen LogP contribution in [0.5, 0.6) is 0 Å². The van der Waals surface area contributed by atoms with Crippen molar-refractivity contribution < 1.29 is 9.90 Å². The van der Waals surface area contributed by atoms with Crippen LogP contribution in [0.3, 0.4) is 0 Å². The molecular weight excluding hydrogens is 318 g/mol. The van der Waals surface area contributed by atoms with E-state index in [1.807, 2.05) is 13.8 Å². The standard InChI is InChI=1S/C18H25N5O2/c1-4-16-12(2)21-23(13(16)3)11-18(25)22-9-14(17(24)10-22)7-15-8-19-5-6-20-15/h5-6,8,14,17,24H,4,7,9-11H2,1-3H3/t14-,17-/m1/s1. The Hall–Kier alpha value is -2.28. The Balaban J connectivity index is 1.64. The van der Waals surface area contributed by atoms with Gasteiger partial charge in [0.2, 0.25) is 5.91 Å². The minimum Gasteiger partial charge on any atom is -0.391 e. The fraction of sp³-hybridized carbons (Fsp3) is 0.556. The van der Waals surface area contributed by atoms with Crippen LogP contribution in [0.1, 0.15) is 29.6 Å². The number of β-amino-alcohol motifs (C(OH)–C–C–N with tert-alkyl or cyclic N) is 1. The second kappa shape index (κ2) is 7.31. The highest BCUT2D eigenvalue weighted by Crippen LogP contribution is 2.21. The number of carbonyl (C=O) groups is 1.